The van der Waals surface area contributed by atoms with Crippen molar-refractivity contribution < 1.29 is 14.3 Å². The molecule has 1 heterocycles. The highest BCUT2D eigenvalue weighted by Gasteiger charge is 2.23. The van der Waals surface area contributed by atoms with Crippen molar-refractivity contribution in [1.82, 2.24) is 10.2 Å². The third kappa shape index (κ3) is 3.55. The van der Waals surface area contributed by atoms with E-state index in [-0.39, 0.29) is 25.1 Å². The third-order valence-electron chi connectivity index (χ3n) is 3.69. The Morgan fingerprint density at radius 1 is 1.55 bits per heavy atom. The summed E-state index contributed by atoms with van der Waals surface area (Å²) in [5, 5.41) is 12.5. The zero-order chi connectivity index (χ0) is 14.5. The SMILES string of the molecule is Cc1ccc(F)cc1C(=O)N(CCO)CC1CCCN1. The molecule has 2 rings (SSSR count). The van der Waals surface area contributed by atoms with E-state index < -0.39 is 5.82 Å². The van der Waals surface area contributed by atoms with Gasteiger partial charge in [-0.15, -0.1) is 0 Å². The highest BCUT2D eigenvalue weighted by molar-refractivity contribution is 5.95. The van der Waals surface area contributed by atoms with Gasteiger partial charge >= 0.3 is 0 Å². The smallest absolute Gasteiger partial charge is 0.254 e. The van der Waals surface area contributed by atoms with E-state index >= 15 is 0 Å². The Balaban J connectivity index is 2.14. The molecule has 0 saturated carbocycles. The van der Waals surface area contributed by atoms with Crippen LogP contribution in [0.1, 0.15) is 28.8 Å². The molecular weight excluding hydrogens is 259 g/mol. The number of hydrogen-bond donors (Lipinski definition) is 2. The van der Waals surface area contributed by atoms with E-state index in [1.165, 1.54) is 12.1 Å². The van der Waals surface area contributed by atoms with Gasteiger partial charge in [0.2, 0.25) is 0 Å². The molecule has 1 aliphatic heterocycles. The van der Waals surface area contributed by atoms with Crippen LogP contribution in [0.2, 0.25) is 0 Å². The van der Waals surface area contributed by atoms with Crippen molar-refractivity contribution in [2.45, 2.75) is 25.8 Å². The molecule has 1 saturated heterocycles. The van der Waals surface area contributed by atoms with Gasteiger partial charge in [0.25, 0.3) is 5.91 Å². The monoisotopic (exact) mass is 280 g/mol. The number of amides is 1. The second-order valence-corrected chi connectivity index (χ2v) is 5.23. The van der Waals surface area contributed by atoms with E-state index in [1.54, 1.807) is 17.9 Å². The lowest BCUT2D eigenvalue weighted by atomic mass is 10.1. The van der Waals surface area contributed by atoms with Gasteiger partial charge in [-0.3, -0.25) is 4.79 Å². The van der Waals surface area contributed by atoms with E-state index in [4.69, 9.17) is 5.11 Å². The molecule has 0 spiro atoms. The van der Waals surface area contributed by atoms with Crippen molar-refractivity contribution in [1.29, 1.82) is 0 Å². The number of aryl methyl sites for hydroxylation is 1. The molecule has 1 atom stereocenters. The van der Waals surface area contributed by atoms with Crippen LogP contribution in [0.4, 0.5) is 4.39 Å². The summed E-state index contributed by atoms with van der Waals surface area (Å²) in [7, 11) is 0. The number of halogens is 1. The van der Waals surface area contributed by atoms with Gasteiger partial charge in [-0.2, -0.15) is 0 Å². The molecule has 1 amide bonds. The molecule has 1 aromatic rings. The first kappa shape index (κ1) is 14.9. The van der Waals surface area contributed by atoms with E-state index in [2.05, 4.69) is 5.32 Å². The van der Waals surface area contributed by atoms with Crippen LogP contribution in [0.3, 0.4) is 0 Å². The number of aliphatic hydroxyl groups excluding tert-OH is 1. The summed E-state index contributed by atoms with van der Waals surface area (Å²) in [6.45, 7) is 3.48. The molecule has 110 valence electrons. The van der Waals surface area contributed by atoms with E-state index in [9.17, 15) is 9.18 Å². The molecule has 1 aliphatic rings. The van der Waals surface area contributed by atoms with Gasteiger partial charge in [0.1, 0.15) is 5.82 Å². The molecule has 0 aromatic heterocycles. The highest BCUT2D eigenvalue weighted by atomic mass is 19.1. The number of nitrogens with zero attached hydrogens (tertiary/aromatic N) is 1. The Hall–Kier alpha value is -1.46. The Labute approximate surface area is 118 Å². The summed E-state index contributed by atoms with van der Waals surface area (Å²) < 4.78 is 13.3. The Morgan fingerprint density at radius 3 is 3.00 bits per heavy atom. The van der Waals surface area contributed by atoms with E-state index in [1.807, 2.05) is 0 Å². The largest absolute Gasteiger partial charge is 0.395 e. The zero-order valence-electron chi connectivity index (χ0n) is 11.7. The topological polar surface area (TPSA) is 52.6 Å². The lowest BCUT2D eigenvalue weighted by Crippen LogP contribution is -2.42. The van der Waals surface area contributed by atoms with E-state index in [0.717, 1.165) is 24.9 Å². The normalized spacial score (nSPS) is 18.2. The van der Waals surface area contributed by atoms with Gasteiger partial charge in [-0.25, -0.2) is 4.39 Å². The first-order chi connectivity index (χ1) is 9.61. The lowest BCUT2D eigenvalue weighted by molar-refractivity contribution is 0.0705. The second-order valence-electron chi connectivity index (χ2n) is 5.23. The van der Waals surface area contributed by atoms with Crippen molar-refractivity contribution in [2.24, 2.45) is 0 Å². The molecule has 0 radical (unpaired) electrons. The van der Waals surface area contributed by atoms with Crippen LogP contribution in [0.25, 0.3) is 0 Å². The van der Waals surface area contributed by atoms with E-state index in [0.29, 0.717) is 12.1 Å². The van der Waals surface area contributed by atoms with Crippen molar-refractivity contribution in [2.75, 3.05) is 26.2 Å². The Bertz CT molecular complexity index is 473. The van der Waals surface area contributed by atoms with Crippen molar-refractivity contribution in [3.63, 3.8) is 0 Å². The first-order valence-electron chi connectivity index (χ1n) is 7.01. The number of rotatable bonds is 5. The predicted octanol–water partition coefficient (Wildman–Crippen LogP) is 1.32. The van der Waals surface area contributed by atoms with Crippen molar-refractivity contribution in [3.8, 4) is 0 Å². The van der Waals surface area contributed by atoms with Crippen molar-refractivity contribution in [3.05, 3.63) is 35.1 Å². The number of hydrogen-bond acceptors (Lipinski definition) is 3. The molecule has 20 heavy (non-hydrogen) atoms. The molecule has 0 aliphatic carbocycles. The maximum atomic E-state index is 13.3. The average molecular weight is 280 g/mol. The van der Waals surface area contributed by atoms with Crippen LogP contribution in [-0.2, 0) is 0 Å². The Kier molecular flexibility index (Phi) is 5.09. The van der Waals surface area contributed by atoms with Crippen LogP contribution in [0.5, 0.6) is 0 Å². The summed E-state index contributed by atoms with van der Waals surface area (Å²) >= 11 is 0. The van der Waals surface area contributed by atoms with Crippen LogP contribution in [0.15, 0.2) is 18.2 Å². The standard InChI is InChI=1S/C15H21FN2O2/c1-11-4-5-12(16)9-14(11)15(20)18(7-8-19)10-13-3-2-6-17-13/h4-5,9,13,17,19H,2-3,6-8,10H2,1H3. The van der Waals surface area contributed by atoms with Crippen LogP contribution in [0, 0.1) is 12.7 Å². The Morgan fingerprint density at radius 2 is 2.35 bits per heavy atom. The summed E-state index contributed by atoms with van der Waals surface area (Å²) in [5.74, 6) is -0.633. The fourth-order valence-electron chi connectivity index (χ4n) is 2.57. The number of aliphatic hydroxyl groups is 1. The lowest BCUT2D eigenvalue weighted by Gasteiger charge is -2.26. The number of nitrogens with one attached hydrogen (secondary N) is 1. The minimum atomic E-state index is -0.415. The third-order valence-corrected chi connectivity index (χ3v) is 3.69. The van der Waals surface area contributed by atoms with Gasteiger partial charge in [-0.05, 0) is 44.0 Å². The van der Waals surface area contributed by atoms with Crippen molar-refractivity contribution >= 4 is 5.91 Å². The summed E-state index contributed by atoms with van der Waals surface area (Å²) in [4.78, 5) is 14.1. The summed E-state index contributed by atoms with van der Waals surface area (Å²) in [5.41, 5.74) is 1.12. The first-order valence-corrected chi connectivity index (χ1v) is 7.01. The summed E-state index contributed by atoms with van der Waals surface area (Å²) in [6, 6.07) is 4.48. The second kappa shape index (κ2) is 6.81. The molecular formula is C15H21FN2O2. The number of carbonyl (C=O) groups is 1. The van der Waals surface area contributed by atoms with Gasteiger partial charge < -0.3 is 15.3 Å². The fraction of sp³-hybridized carbons (Fsp3) is 0.533. The number of carbonyl (C=O) groups excluding carboxylic acids is 1. The fourth-order valence-corrected chi connectivity index (χ4v) is 2.57. The van der Waals surface area contributed by atoms with Gasteiger partial charge in [0.05, 0.1) is 6.61 Å². The molecule has 5 heteroatoms. The molecule has 1 aromatic carbocycles. The van der Waals surface area contributed by atoms with Crippen LogP contribution in [-0.4, -0.2) is 48.2 Å². The predicted molar refractivity (Wildman–Crippen MR) is 75.2 cm³/mol. The maximum Gasteiger partial charge on any atom is 0.254 e. The molecule has 4 nitrogen and oxygen atoms in total. The quantitative estimate of drug-likeness (QED) is 0.855. The highest BCUT2D eigenvalue weighted by Crippen LogP contribution is 2.15. The van der Waals surface area contributed by atoms with Gasteiger partial charge in [-0.1, -0.05) is 6.07 Å². The van der Waals surface area contributed by atoms with Gasteiger partial charge in [0.15, 0.2) is 0 Å². The molecule has 0 bridgehead atoms. The van der Waals surface area contributed by atoms with Crippen LogP contribution >= 0.6 is 0 Å². The van der Waals surface area contributed by atoms with Gasteiger partial charge in [0, 0.05) is 24.7 Å². The molecule has 1 unspecified atom stereocenters. The number of benzene rings is 1. The minimum absolute atomic E-state index is 0.0905. The molecule has 1 fully saturated rings. The van der Waals surface area contributed by atoms with Crippen LogP contribution < -0.4 is 5.32 Å². The minimum Gasteiger partial charge on any atom is -0.395 e. The summed E-state index contributed by atoms with van der Waals surface area (Å²) in [6.07, 6.45) is 2.13. The molecule has 2 N–H and O–H groups in total. The maximum absolute atomic E-state index is 13.3. The zero-order valence-corrected chi connectivity index (χ0v) is 11.7. The average Bonchev–Trinajstić information content (AvgIpc) is 2.93.